The Morgan fingerprint density at radius 2 is 1.63 bits per heavy atom. The van der Waals surface area contributed by atoms with Gasteiger partial charge < -0.3 is 24.2 Å². The number of rotatable bonds is 3. The summed E-state index contributed by atoms with van der Waals surface area (Å²) in [6, 6.07) is 3.16. The second-order valence-corrected chi connectivity index (χ2v) is 6.31. The molecule has 1 aromatic heterocycles. The predicted octanol–water partition coefficient (Wildman–Crippen LogP) is 0.468. The van der Waals surface area contributed by atoms with Gasteiger partial charge in [0.2, 0.25) is 0 Å². The molecule has 0 unspecified atom stereocenters. The topological polar surface area (TPSA) is 92.3 Å². The molecule has 1 aromatic rings. The molecular weight excluding hydrogens is 352 g/mol. The van der Waals surface area contributed by atoms with E-state index in [-0.39, 0.29) is 23.6 Å². The fourth-order valence-corrected chi connectivity index (χ4v) is 3.10. The summed E-state index contributed by atoms with van der Waals surface area (Å²) < 4.78 is 10.2. The van der Waals surface area contributed by atoms with Gasteiger partial charge in [-0.05, 0) is 19.1 Å². The lowest BCUT2D eigenvalue weighted by atomic mass is 10.1. The Hall–Kier alpha value is -2.68. The smallest absolute Gasteiger partial charge is 0.409 e. The van der Waals surface area contributed by atoms with Crippen LogP contribution in [0.4, 0.5) is 4.79 Å². The van der Waals surface area contributed by atoms with E-state index in [1.54, 1.807) is 27.7 Å². The number of pyridine rings is 1. The van der Waals surface area contributed by atoms with Crippen LogP contribution in [0.15, 0.2) is 18.3 Å². The zero-order valence-corrected chi connectivity index (χ0v) is 15.4. The minimum atomic E-state index is -0.360. The van der Waals surface area contributed by atoms with Crippen molar-refractivity contribution in [2.24, 2.45) is 0 Å². The molecule has 2 aliphatic rings. The summed E-state index contributed by atoms with van der Waals surface area (Å²) >= 11 is 0. The zero-order valence-electron chi connectivity index (χ0n) is 15.4. The van der Waals surface area contributed by atoms with Gasteiger partial charge in [-0.2, -0.15) is 0 Å². The molecule has 9 nitrogen and oxygen atoms in total. The van der Waals surface area contributed by atoms with Crippen LogP contribution in [0.25, 0.3) is 0 Å². The molecular formula is C18H24N4O5. The molecule has 2 fully saturated rings. The standard InChI is InChI=1S/C18H24N4O5/c1-2-27-18(25)22-7-5-20(6-8-22)17(24)15-13-14(3-4-19-15)16(23)21-9-11-26-12-10-21/h3-4,13H,2,5-12H2,1H3. The number of morpholine rings is 1. The van der Waals surface area contributed by atoms with Gasteiger partial charge in [0.25, 0.3) is 11.8 Å². The average Bonchev–Trinajstić information content (AvgIpc) is 2.73. The molecule has 0 radical (unpaired) electrons. The van der Waals surface area contributed by atoms with Crippen LogP contribution in [0.3, 0.4) is 0 Å². The maximum atomic E-state index is 12.7. The molecule has 0 aromatic carbocycles. The molecule has 3 amide bonds. The van der Waals surface area contributed by atoms with E-state index in [1.165, 1.54) is 12.3 Å². The van der Waals surface area contributed by atoms with E-state index in [1.807, 2.05) is 0 Å². The Morgan fingerprint density at radius 1 is 1.00 bits per heavy atom. The fourth-order valence-electron chi connectivity index (χ4n) is 3.10. The minimum Gasteiger partial charge on any atom is -0.450 e. The zero-order chi connectivity index (χ0) is 19.2. The maximum Gasteiger partial charge on any atom is 0.409 e. The van der Waals surface area contributed by atoms with Crippen LogP contribution < -0.4 is 0 Å². The number of hydrogen-bond acceptors (Lipinski definition) is 6. The van der Waals surface area contributed by atoms with Crippen molar-refractivity contribution in [2.45, 2.75) is 6.92 Å². The van der Waals surface area contributed by atoms with Crippen molar-refractivity contribution in [3.63, 3.8) is 0 Å². The van der Waals surface area contributed by atoms with Crippen LogP contribution in [0.2, 0.25) is 0 Å². The van der Waals surface area contributed by atoms with E-state index in [2.05, 4.69) is 4.98 Å². The highest BCUT2D eigenvalue weighted by atomic mass is 16.6. The van der Waals surface area contributed by atoms with Crippen LogP contribution >= 0.6 is 0 Å². The van der Waals surface area contributed by atoms with Gasteiger partial charge in [0.15, 0.2) is 0 Å². The SMILES string of the molecule is CCOC(=O)N1CCN(C(=O)c2cc(C(=O)N3CCOCC3)ccn2)CC1. The summed E-state index contributed by atoms with van der Waals surface area (Å²) in [7, 11) is 0. The van der Waals surface area contributed by atoms with E-state index in [9.17, 15) is 14.4 Å². The quantitative estimate of drug-likeness (QED) is 0.761. The molecule has 0 saturated carbocycles. The monoisotopic (exact) mass is 376 g/mol. The highest BCUT2D eigenvalue weighted by Crippen LogP contribution is 2.12. The third-order valence-corrected chi connectivity index (χ3v) is 4.62. The summed E-state index contributed by atoms with van der Waals surface area (Å²) in [6.45, 7) is 5.84. The maximum absolute atomic E-state index is 12.7. The highest BCUT2D eigenvalue weighted by molar-refractivity contribution is 5.98. The molecule has 0 bridgehead atoms. The van der Waals surface area contributed by atoms with Crippen molar-refractivity contribution in [1.82, 2.24) is 19.7 Å². The van der Waals surface area contributed by atoms with Gasteiger partial charge >= 0.3 is 6.09 Å². The van der Waals surface area contributed by atoms with Crippen molar-refractivity contribution >= 4 is 17.9 Å². The summed E-state index contributed by atoms with van der Waals surface area (Å²) in [5.41, 5.74) is 0.680. The molecule has 3 rings (SSSR count). The number of ether oxygens (including phenoxy) is 2. The number of nitrogens with zero attached hydrogens (tertiary/aromatic N) is 4. The molecule has 2 saturated heterocycles. The minimum absolute atomic E-state index is 0.123. The van der Waals surface area contributed by atoms with Gasteiger partial charge in [0.1, 0.15) is 5.69 Å². The lowest BCUT2D eigenvalue weighted by Crippen LogP contribution is -2.50. The fraction of sp³-hybridized carbons (Fsp3) is 0.556. The summed E-state index contributed by atoms with van der Waals surface area (Å²) in [4.78, 5) is 46.1. The van der Waals surface area contributed by atoms with Crippen LogP contribution in [-0.4, -0.2) is 96.7 Å². The molecule has 9 heteroatoms. The lowest BCUT2D eigenvalue weighted by Gasteiger charge is -2.33. The molecule has 0 aliphatic carbocycles. The van der Waals surface area contributed by atoms with Gasteiger partial charge in [0, 0.05) is 51.0 Å². The van der Waals surface area contributed by atoms with Crippen molar-refractivity contribution in [2.75, 3.05) is 59.1 Å². The number of piperazine rings is 1. The van der Waals surface area contributed by atoms with Gasteiger partial charge in [-0.1, -0.05) is 0 Å². The first-order valence-electron chi connectivity index (χ1n) is 9.14. The Labute approximate surface area is 157 Å². The number of amides is 3. The molecule has 2 aliphatic heterocycles. The number of carbonyl (C=O) groups excluding carboxylic acids is 3. The molecule has 27 heavy (non-hydrogen) atoms. The molecule has 0 spiro atoms. The Morgan fingerprint density at radius 3 is 2.30 bits per heavy atom. The van der Waals surface area contributed by atoms with E-state index in [0.29, 0.717) is 64.7 Å². The third-order valence-electron chi connectivity index (χ3n) is 4.62. The second kappa shape index (κ2) is 8.81. The van der Waals surface area contributed by atoms with Crippen LogP contribution in [0, 0.1) is 0 Å². The van der Waals surface area contributed by atoms with Crippen molar-refractivity contribution in [3.05, 3.63) is 29.6 Å². The van der Waals surface area contributed by atoms with Gasteiger partial charge in [-0.15, -0.1) is 0 Å². The number of hydrogen-bond donors (Lipinski definition) is 0. The van der Waals surface area contributed by atoms with E-state index < -0.39 is 0 Å². The van der Waals surface area contributed by atoms with Gasteiger partial charge in [0.05, 0.1) is 19.8 Å². The van der Waals surface area contributed by atoms with E-state index >= 15 is 0 Å². The average molecular weight is 376 g/mol. The summed E-state index contributed by atoms with van der Waals surface area (Å²) in [5, 5.41) is 0. The largest absolute Gasteiger partial charge is 0.450 e. The van der Waals surface area contributed by atoms with Crippen molar-refractivity contribution in [1.29, 1.82) is 0 Å². The molecule has 0 N–H and O–H groups in total. The summed E-state index contributed by atoms with van der Waals surface area (Å²) in [6.07, 6.45) is 1.12. The second-order valence-electron chi connectivity index (χ2n) is 6.31. The first-order valence-corrected chi connectivity index (χ1v) is 9.14. The number of aromatic nitrogens is 1. The molecule has 0 atom stereocenters. The van der Waals surface area contributed by atoms with Crippen LogP contribution in [0.5, 0.6) is 0 Å². The first kappa shape index (κ1) is 19.1. The Balaban J connectivity index is 1.62. The van der Waals surface area contributed by atoms with Gasteiger partial charge in [-0.25, -0.2) is 4.79 Å². The van der Waals surface area contributed by atoms with Crippen molar-refractivity contribution < 1.29 is 23.9 Å². The van der Waals surface area contributed by atoms with Gasteiger partial charge in [-0.3, -0.25) is 14.6 Å². The van der Waals surface area contributed by atoms with E-state index in [0.717, 1.165) is 0 Å². The predicted molar refractivity (Wildman–Crippen MR) is 95.5 cm³/mol. The van der Waals surface area contributed by atoms with Crippen LogP contribution in [-0.2, 0) is 9.47 Å². The van der Waals surface area contributed by atoms with E-state index in [4.69, 9.17) is 9.47 Å². The molecule has 146 valence electrons. The highest BCUT2D eigenvalue weighted by Gasteiger charge is 2.27. The first-order chi connectivity index (χ1) is 13.1. The summed E-state index contributed by atoms with van der Waals surface area (Å²) in [5.74, 6) is -0.364. The Kier molecular flexibility index (Phi) is 6.23. The number of carbonyl (C=O) groups is 3. The normalized spacial score (nSPS) is 17.6. The van der Waals surface area contributed by atoms with Crippen LogP contribution in [0.1, 0.15) is 27.8 Å². The lowest BCUT2D eigenvalue weighted by molar-refractivity contribution is 0.0302. The van der Waals surface area contributed by atoms with Crippen molar-refractivity contribution in [3.8, 4) is 0 Å². The Bertz CT molecular complexity index is 697. The third kappa shape index (κ3) is 4.54. The molecule has 3 heterocycles.